The second-order valence-electron chi connectivity index (χ2n) is 4.71. The smallest absolute Gasteiger partial charge is 0.131 e. The highest BCUT2D eigenvalue weighted by Crippen LogP contribution is 2.19. The molecule has 0 saturated heterocycles. The fourth-order valence-corrected chi connectivity index (χ4v) is 1.81. The summed E-state index contributed by atoms with van der Waals surface area (Å²) in [6.45, 7) is 6.36. The van der Waals surface area contributed by atoms with E-state index in [0.29, 0.717) is 23.1 Å². The molecule has 0 spiro atoms. The molecular weight excluding hydrogens is 265 g/mol. The van der Waals surface area contributed by atoms with Crippen LogP contribution in [0.4, 0.5) is 4.39 Å². The number of nitrogens with one attached hydrogen (secondary N) is 1. The Morgan fingerprint density at radius 2 is 2.21 bits per heavy atom. The largest absolute Gasteiger partial charge is 0.383 e. The molecule has 106 valence electrons. The summed E-state index contributed by atoms with van der Waals surface area (Å²) in [7, 11) is 1.67. The van der Waals surface area contributed by atoms with Gasteiger partial charge in [0.05, 0.1) is 6.61 Å². The average molecular weight is 286 g/mol. The molecule has 1 N–H and O–H groups in total. The van der Waals surface area contributed by atoms with Crippen LogP contribution in [0, 0.1) is 11.7 Å². The first-order valence-corrected chi connectivity index (χ1v) is 6.77. The molecule has 0 aliphatic carbocycles. The van der Waals surface area contributed by atoms with Crippen LogP contribution in [0.15, 0.2) is 23.8 Å². The van der Waals surface area contributed by atoms with Gasteiger partial charge in [0, 0.05) is 30.8 Å². The minimum absolute atomic E-state index is 0.289. The Morgan fingerprint density at radius 3 is 2.79 bits per heavy atom. The number of halogens is 2. The van der Waals surface area contributed by atoms with Crippen molar-refractivity contribution in [1.29, 1.82) is 0 Å². The molecule has 19 heavy (non-hydrogen) atoms. The van der Waals surface area contributed by atoms with Gasteiger partial charge in [0.1, 0.15) is 5.82 Å². The number of methoxy groups -OCH3 is 1. The van der Waals surface area contributed by atoms with E-state index in [1.165, 1.54) is 6.07 Å². The molecule has 0 amide bonds. The van der Waals surface area contributed by atoms with Gasteiger partial charge in [0.15, 0.2) is 0 Å². The van der Waals surface area contributed by atoms with Crippen LogP contribution in [-0.2, 0) is 4.74 Å². The molecule has 1 rings (SSSR count). The first kappa shape index (κ1) is 16.2. The van der Waals surface area contributed by atoms with E-state index in [1.54, 1.807) is 19.2 Å². The molecule has 0 atom stereocenters. The van der Waals surface area contributed by atoms with Gasteiger partial charge < -0.3 is 10.1 Å². The maximum atomic E-state index is 13.7. The van der Waals surface area contributed by atoms with Crippen LogP contribution in [-0.4, -0.2) is 26.8 Å². The van der Waals surface area contributed by atoms with Gasteiger partial charge in [-0.05, 0) is 18.1 Å². The monoisotopic (exact) mass is 285 g/mol. The lowest BCUT2D eigenvalue weighted by Gasteiger charge is -2.13. The Balaban J connectivity index is 2.76. The molecule has 1 aromatic rings. The van der Waals surface area contributed by atoms with E-state index < -0.39 is 0 Å². The van der Waals surface area contributed by atoms with Crippen LogP contribution in [0.25, 0.3) is 6.08 Å². The molecule has 0 unspecified atom stereocenters. The Bertz CT molecular complexity index is 432. The van der Waals surface area contributed by atoms with Crippen molar-refractivity contribution in [3.05, 3.63) is 40.2 Å². The van der Waals surface area contributed by atoms with Gasteiger partial charge in [-0.1, -0.05) is 43.2 Å². The van der Waals surface area contributed by atoms with E-state index in [-0.39, 0.29) is 5.82 Å². The van der Waals surface area contributed by atoms with Crippen LogP contribution in [0.3, 0.4) is 0 Å². The van der Waals surface area contributed by atoms with Crippen LogP contribution in [0.1, 0.15) is 19.4 Å². The number of rotatable bonds is 7. The summed E-state index contributed by atoms with van der Waals surface area (Å²) < 4.78 is 18.7. The topological polar surface area (TPSA) is 21.3 Å². The fourth-order valence-electron chi connectivity index (χ4n) is 1.65. The molecule has 2 nitrogen and oxygen atoms in total. The van der Waals surface area contributed by atoms with Crippen molar-refractivity contribution in [3.8, 4) is 0 Å². The highest BCUT2D eigenvalue weighted by atomic mass is 35.5. The third-order valence-corrected chi connectivity index (χ3v) is 3.09. The maximum Gasteiger partial charge on any atom is 0.131 e. The number of hydrogen-bond donors (Lipinski definition) is 1. The van der Waals surface area contributed by atoms with Crippen molar-refractivity contribution in [2.24, 2.45) is 5.92 Å². The van der Waals surface area contributed by atoms with Crippen molar-refractivity contribution < 1.29 is 9.13 Å². The standard InChI is InChI=1S/C15H21ClFNO/c1-11(2)13(10-18-6-7-19-3)8-12-4-5-14(16)9-15(12)17/h4-5,8-9,11,18H,6-7,10H2,1-3H3/b13-8-. The zero-order chi connectivity index (χ0) is 14.3. The van der Waals surface area contributed by atoms with Gasteiger partial charge in [-0.3, -0.25) is 0 Å². The van der Waals surface area contributed by atoms with Crippen LogP contribution >= 0.6 is 11.6 Å². The lowest BCUT2D eigenvalue weighted by molar-refractivity contribution is 0.200. The molecule has 1 aromatic carbocycles. The molecular formula is C15H21ClFNO. The summed E-state index contributed by atoms with van der Waals surface area (Å²) in [5.41, 5.74) is 1.72. The second kappa shape index (κ2) is 8.31. The fraction of sp³-hybridized carbons (Fsp3) is 0.467. The lowest BCUT2D eigenvalue weighted by Crippen LogP contribution is -2.23. The van der Waals surface area contributed by atoms with Crippen molar-refractivity contribution in [2.45, 2.75) is 13.8 Å². The van der Waals surface area contributed by atoms with Gasteiger partial charge in [0.25, 0.3) is 0 Å². The molecule has 0 heterocycles. The Kier molecular flexibility index (Phi) is 7.06. The van der Waals surface area contributed by atoms with Gasteiger partial charge in [-0.2, -0.15) is 0 Å². The van der Waals surface area contributed by atoms with E-state index in [1.807, 2.05) is 6.08 Å². The normalized spacial score (nSPS) is 12.2. The van der Waals surface area contributed by atoms with E-state index in [2.05, 4.69) is 19.2 Å². The maximum absolute atomic E-state index is 13.7. The SMILES string of the molecule is COCCNC/C(=C/c1ccc(Cl)cc1F)C(C)C. The van der Waals surface area contributed by atoms with Crippen LogP contribution in [0.5, 0.6) is 0 Å². The molecule has 0 radical (unpaired) electrons. The molecule has 0 aliphatic heterocycles. The van der Waals surface area contributed by atoms with Crippen molar-refractivity contribution in [3.63, 3.8) is 0 Å². The predicted molar refractivity (Wildman–Crippen MR) is 79.0 cm³/mol. The van der Waals surface area contributed by atoms with Gasteiger partial charge in [-0.25, -0.2) is 4.39 Å². The number of benzene rings is 1. The molecule has 0 bridgehead atoms. The summed E-state index contributed by atoms with van der Waals surface area (Å²) in [5.74, 6) is 0.0627. The highest BCUT2D eigenvalue weighted by molar-refractivity contribution is 6.30. The summed E-state index contributed by atoms with van der Waals surface area (Å²) in [4.78, 5) is 0. The van der Waals surface area contributed by atoms with Crippen molar-refractivity contribution in [2.75, 3.05) is 26.8 Å². The van der Waals surface area contributed by atoms with E-state index in [9.17, 15) is 4.39 Å². The third-order valence-electron chi connectivity index (χ3n) is 2.86. The van der Waals surface area contributed by atoms with E-state index in [4.69, 9.17) is 16.3 Å². The van der Waals surface area contributed by atoms with Gasteiger partial charge in [0.2, 0.25) is 0 Å². The minimum Gasteiger partial charge on any atom is -0.383 e. The van der Waals surface area contributed by atoms with Crippen molar-refractivity contribution in [1.82, 2.24) is 5.32 Å². The Labute approximate surface area is 119 Å². The lowest BCUT2D eigenvalue weighted by atomic mass is 10.00. The Morgan fingerprint density at radius 1 is 1.47 bits per heavy atom. The molecule has 0 fully saturated rings. The summed E-state index contributed by atoms with van der Waals surface area (Å²) in [6.07, 6.45) is 1.89. The first-order valence-electron chi connectivity index (χ1n) is 6.39. The van der Waals surface area contributed by atoms with Crippen molar-refractivity contribution >= 4 is 17.7 Å². The number of hydrogen-bond acceptors (Lipinski definition) is 2. The molecule has 0 aromatic heterocycles. The zero-order valence-corrected chi connectivity index (χ0v) is 12.4. The average Bonchev–Trinajstić information content (AvgIpc) is 2.35. The first-order chi connectivity index (χ1) is 9.04. The summed E-state index contributed by atoms with van der Waals surface area (Å²) in [6, 6.07) is 4.74. The Hall–Kier alpha value is -0.900. The number of ether oxygens (including phenoxy) is 1. The minimum atomic E-state index is -0.289. The molecule has 4 heteroatoms. The van der Waals surface area contributed by atoms with Gasteiger partial charge in [-0.15, -0.1) is 0 Å². The highest BCUT2D eigenvalue weighted by Gasteiger charge is 2.06. The van der Waals surface area contributed by atoms with Gasteiger partial charge >= 0.3 is 0 Å². The summed E-state index contributed by atoms with van der Waals surface area (Å²) >= 11 is 5.75. The second-order valence-corrected chi connectivity index (χ2v) is 5.15. The third kappa shape index (κ3) is 5.72. The predicted octanol–water partition coefficient (Wildman–Crippen LogP) is 3.75. The summed E-state index contributed by atoms with van der Waals surface area (Å²) in [5, 5.41) is 3.69. The zero-order valence-electron chi connectivity index (χ0n) is 11.7. The molecule has 0 saturated carbocycles. The quantitative estimate of drug-likeness (QED) is 0.770. The van der Waals surface area contributed by atoms with E-state index >= 15 is 0 Å². The van der Waals surface area contributed by atoms with Crippen LogP contribution in [0.2, 0.25) is 5.02 Å². The van der Waals surface area contributed by atoms with Crippen LogP contribution < -0.4 is 5.32 Å². The van der Waals surface area contributed by atoms with E-state index in [0.717, 1.165) is 18.7 Å². The molecule has 0 aliphatic rings.